The van der Waals surface area contributed by atoms with Gasteiger partial charge in [0.2, 0.25) is 0 Å². The molecule has 1 N–H and O–H groups in total. The lowest BCUT2D eigenvalue weighted by atomic mass is 10.2. The van der Waals surface area contributed by atoms with Crippen LogP contribution >= 0.6 is 24.2 Å². The van der Waals surface area contributed by atoms with Gasteiger partial charge in [0.1, 0.15) is 0 Å². The first kappa shape index (κ1) is 14.9. The standard InChI is InChI=1S/C15H14ClNO2S/c1-19-9-10-3-2-4-11(7-10)17-15(18)13-8-12(20)5-6-14(13)16/h2-8,20H,9H2,1H3,(H,17,18). The van der Waals surface area contributed by atoms with Crippen LogP contribution in [0.25, 0.3) is 0 Å². The number of rotatable bonds is 4. The Labute approximate surface area is 128 Å². The van der Waals surface area contributed by atoms with E-state index in [0.717, 1.165) is 5.56 Å². The minimum absolute atomic E-state index is 0.263. The van der Waals surface area contributed by atoms with Crippen molar-refractivity contribution in [2.45, 2.75) is 11.5 Å². The van der Waals surface area contributed by atoms with E-state index < -0.39 is 0 Å². The highest BCUT2D eigenvalue weighted by atomic mass is 35.5. The summed E-state index contributed by atoms with van der Waals surface area (Å²) in [6.45, 7) is 0.497. The summed E-state index contributed by atoms with van der Waals surface area (Å²) < 4.78 is 5.06. The van der Waals surface area contributed by atoms with Gasteiger partial charge in [-0.15, -0.1) is 12.6 Å². The van der Waals surface area contributed by atoms with E-state index in [-0.39, 0.29) is 5.91 Å². The van der Waals surface area contributed by atoms with Crippen molar-refractivity contribution in [1.29, 1.82) is 0 Å². The molecule has 20 heavy (non-hydrogen) atoms. The van der Waals surface area contributed by atoms with E-state index in [1.54, 1.807) is 25.3 Å². The lowest BCUT2D eigenvalue weighted by Crippen LogP contribution is -2.12. The number of thiol groups is 1. The van der Waals surface area contributed by atoms with Crippen LogP contribution in [0.1, 0.15) is 15.9 Å². The highest BCUT2D eigenvalue weighted by molar-refractivity contribution is 7.80. The van der Waals surface area contributed by atoms with Crippen molar-refractivity contribution in [2.75, 3.05) is 12.4 Å². The zero-order valence-electron chi connectivity index (χ0n) is 10.9. The number of halogens is 1. The second-order valence-corrected chi connectivity index (χ2v) is 5.18. The van der Waals surface area contributed by atoms with E-state index in [1.807, 2.05) is 24.3 Å². The molecular weight excluding hydrogens is 294 g/mol. The first-order valence-electron chi connectivity index (χ1n) is 5.98. The second kappa shape index (κ2) is 6.79. The third-order valence-electron chi connectivity index (χ3n) is 2.69. The van der Waals surface area contributed by atoms with E-state index in [0.29, 0.717) is 27.8 Å². The minimum Gasteiger partial charge on any atom is -0.380 e. The molecule has 104 valence electrons. The van der Waals surface area contributed by atoms with Crippen molar-refractivity contribution in [2.24, 2.45) is 0 Å². The van der Waals surface area contributed by atoms with Gasteiger partial charge in [0.15, 0.2) is 0 Å². The van der Waals surface area contributed by atoms with Gasteiger partial charge in [-0.2, -0.15) is 0 Å². The SMILES string of the molecule is COCc1cccc(NC(=O)c2cc(S)ccc2Cl)c1. The third kappa shape index (κ3) is 3.76. The smallest absolute Gasteiger partial charge is 0.257 e. The van der Waals surface area contributed by atoms with E-state index in [1.165, 1.54) is 0 Å². The molecule has 2 rings (SSSR count). The Kier molecular flexibility index (Phi) is 5.06. The largest absolute Gasteiger partial charge is 0.380 e. The average molecular weight is 308 g/mol. The number of nitrogens with one attached hydrogen (secondary N) is 1. The quantitative estimate of drug-likeness (QED) is 0.837. The van der Waals surface area contributed by atoms with E-state index in [4.69, 9.17) is 16.3 Å². The van der Waals surface area contributed by atoms with Gasteiger partial charge in [-0.25, -0.2) is 0 Å². The van der Waals surface area contributed by atoms with Crippen LogP contribution in [-0.2, 0) is 11.3 Å². The summed E-state index contributed by atoms with van der Waals surface area (Å²) in [7, 11) is 1.63. The van der Waals surface area contributed by atoms with E-state index in [2.05, 4.69) is 17.9 Å². The number of amides is 1. The van der Waals surface area contributed by atoms with Crippen LogP contribution in [0.2, 0.25) is 5.02 Å². The normalized spacial score (nSPS) is 10.3. The van der Waals surface area contributed by atoms with Crippen molar-refractivity contribution in [3.8, 4) is 0 Å². The molecule has 1 amide bonds. The van der Waals surface area contributed by atoms with Crippen LogP contribution in [0.3, 0.4) is 0 Å². The Morgan fingerprint density at radius 3 is 2.85 bits per heavy atom. The Balaban J connectivity index is 2.19. The van der Waals surface area contributed by atoms with Crippen molar-refractivity contribution in [3.63, 3.8) is 0 Å². The Morgan fingerprint density at radius 1 is 1.30 bits per heavy atom. The summed E-state index contributed by atoms with van der Waals surface area (Å²) in [6.07, 6.45) is 0. The molecule has 0 saturated carbocycles. The maximum Gasteiger partial charge on any atom is 0.257 e. The second-order valence-electron chi connectivity index (χ2n) is 4.25. The molecule has 0 radical (unpaired) electrons. The molecule has 0 unspecified atom stereocenters. The van der Waals surface area contributed by atoms with Gasteiger partial charge in [0, 0.05) is 17.7 Å². The number of ether oxygens (including phenoxy) is 1. The van der Waals surface area contributed by atoms with Crippen LogP contribution < -0.4 is 5.32 Å². The molecule has 2 aromatic carbocycles. The van der Waals surface area contributed by atoms with Gasteiger partial charge in [0.25, 0.3) is 5.91 Å². The molecule has 5 heteroatoms. The zero-order valence-corrected chi connectivity index (χ0v) is 12.5. The lowest BCUT2D eigenvalue weighted by Gasteiger charge is -2.09. The molecule has 0 aliphatic heterocycles. The Morgan fingerprint density at radius 2 is 2.10 bits per heavy atom. The molecule has 2 aromatic rings. The van der Waals surface area contributed by atoms with Crippen LogP contribution in [0, 0.1) is 0 Å². The maximum absolute atomic E-state index is 12.2. The number of hydrogen-bond acceptors (Lipinski definition) is 3. The van der Waals surface area contributed by atoms with Gasteiger partial charge < -0.3 is 10.1 Å². The van der Waals surface area contributed by atoms with Crippen LogP contribution in [0.4, 0.5) is 5.69 Å². The van der Waals surface area contributed by atoms with Gasteiger partial charge in [-0.05, 0) is 35.9 Å². The number of benzene rings is 2. The number of anilines is 1. The molecule has 0 spiro atoms. The van der Waals surface area contributed by atoms with Gasteiger partial charge in [0.05, 0.1) is 17.2 Å². The van der Waals surface area contributed by atoms with Crippen LogP contribution in [-0.4, -0.2) is 13.0 Å². The first-order chi connectivity index (χ1) is 9.60. The molecule has 0 bridgehead atoms. The maximum atomic E-state index is 12.2. The Bertz CT molecular complexity index is 631. The molecule has 0 aliphatic carbocycles. The van der Waals surface area contributed by atoms with Crippen molar-refractivity contribution < 1.29 is 9.53 Å². The molecule has 0 aromatic heterocycles. The van der Waals surface area contributed by atoms with Crippen molar-refractivity contribution in [3.05, 3.63) is 58.6 Å². The summed E-state index contributed by atoms with van der Waals surface area (Å²) in [5, 5.41) is 3.21. The van der Waals surface area contributed by atoms with E-state index >= 15 is 0 Å². The fourth-order valence-electron chi connectivity index (χ4n) is 1.79. The predicted molar refractivity (Wildman–Crippen MR) is 83.8 cm³/mol. The monoisotopic (exact) mass is 307 g/mol. The average Bonchev–Trinajstić information content (AvgIpc) is 2.42. The van der Waals surface area contributed by atoms with Crippen LogP contribution in [0.15, 0.2) is 47.4 Å². The number of hydrogen-bond donors (Lipinski definition) is 2. The number of carbonyl (C=O) groups is 1. The molecule has 0 aliphatic rings. The fourth-order valence-corrected chi connectivity index (χ4v) is 2.20. The molecule has 0 heterocycles. The molecule has 0 saturated heterocycles. The van der Waals surface area contributed by atoms with Crippen LogP contribution in [0.5, 0.6) is 0 Å². The number of carbonyl (C=O) groups excluding carboxylic acids is 1. The molecule has 0 atom stereocenters. The summed E-state index contributed by atoms with van der Waals surface area (Å²) in [4.78, 5) is 12.9. The molecule has 0 fully saturated rings. The summed E-state index contributed by atoms with van der Waals surface area (Å²) >= 11 is 10.2. The summed E-state index contributed by atoms with van der Waals surface area (Å²) in [5.74, 6) is -0.263. The molecule has 3 nitrogen and oxygen atoms in total. The minimum atomic E-state index is -0.263. The summed E-state index contributed by atoms with van der Waals surface area (Å²) in [5.41, 5.74) is 2.08. The highest BCUT2D eigenvalue weighted by Gasteiger charge is 2.11. The highest BCUT2D eigenvalue weighted by Crippen LogP contribution is 2.21. The van der Waals surface area contributed by atoms with Crippen molar-refractivity contribution >= 4 is 35.8 Å². The zero-order chi connectivity index (χ0) is 14.5. The molecular formula is C15H14ClNO2S. The fraction of sp³-hybridized carbons (Fsp3) is 0.133. The number of methoxy groups -OCH3 is 1. The van der Waals surface area contributed by atoms with Gasteiger partial charge in [-0.1, -0.05) is 23.7 Å². The third-order valence-corrected chi connectivity index (χ3v) is 3.30. The van der Waals surface area contributed by atoms with Gasteiger partial charge in [-0.3, -0.25) is 4.79 Å². The van der Waals surface area contributed by atoms with Crippen molar-refractivity contribution in [1.82, 2.24) is 0 Å². The predicted octanol–water partition coefficient (Wildman–Crippen LogP) is 4.03. The Hall–Kier alpha value is -1.49. The summed E-state index contributed by atoms with van der Waals surface area (Å²) in [6, 6.07) is 12.5. The van der Waals surface area contributed by atoms with E-state index in [9.17, 15) is 4.79 Å². The topological polar surface area (TPSA) is 38.3 Å². The van der Waals surface area contributed by atoms with Gasteiger partial charge >= 0.3 is 0 Å². The lowest BCUT2D eigenvalue weighted by molar-refractivity contribution is 0.102. The first-order valence-corrected chi connectivity index (χ1v) is 6.80.